The molecule has 0 saturated carbocycles. The van der Waals surface area contributed by atoms with Gasteiger partial charge in [0.25, 0.3) is 17.7 Å². The highest BCUT2D eigenvalue weighted by Crippen LogP contribution is 2.22. The van der Waals surface area contributed by atoms with Crippen molar-refractivity contribution >= 4 is 41.1 Å². The number of carbonyl (C=O) groups excluding carboxylic acids is 4. The molecule has 1 aliphatic heterocycles. The average Bonchev–Trinajstić information content (AvgIpc) is 3.00. The number of thioether (sulfide) groups is 1. The monoisotopic (exact) mass is 425 g/mol. The van der Waals surface area contributed by atoms with Gasteiger partial charge in [0.2, 0.25) is 5.91 Å². The zero-order chi connectivity index (χ0) is 21.5. The molecule has 0 bridgehead atoms. The van der Waals surface area contributed by atoms with E-state index < -0.39 is 0 Å². The molecule has 1 heterocycles. The molecule has 0 aromatic heterocycles. The zero-order valence-corrected chi connectivity index (χ0v) is 17.5. The van der Waals surface area contributed by atoms with Crippen LogP contribution in [0.1, 0.15) is 43.9 Å². The molecule has 1 aliphatic rings. The highest BCUT2D eigenvalue weighted by Gasteiger charge is 2.34. The second kappa shape index (κ2) is 10.1. The summed E-state index contributed by atoms with van der Waals surface area (Å²) in [6.45, 7) is 0.380. The van der Waals surface area contributed by atoms with Crippen molar-refractivity contribution in [1.82, 2.24) is 10.2 Å². The number of amides is 4. The molecule has 0 spiro atoms. The van der Waals surface area contributed by atoms with Gasteiger partial charge in [-0.05, 0) is 48.9 Å². The van der Waals surface area contributed by atoms with Crippen LogP contribution in [-0.2, 0) is 4.79 Å². The van der Waals surface area contributed by atoms with Crippen LogP contribution in [0.3, 0.4) is 0 Å². The number of carbonyl (C=O) groups is 4. The third-order valence-corrected chi connectivity index (χ3v) is 5.71. The van der Waals surface area contributed by atoms with Gasteiger partial charge in [0.1, 0.15) is 0 Å². The molecule has 0 saturated heterocycles. The number of fused-ring (bicyclic) bond motifs is 1. The predicted molar refractivity (Wildman–Crippen MR) is 117 cm³/mol. The van der Waals surface area contributed by atoms with Crippen LogP contribution in [0.5, 0.6) is 0 Å². The first-order valence-corrected chi connectivity index (χ1v) is 10.8. The maximum Gasteiger partial charge on any atom is 0.261 e. The number of hydrogen-bond acceptors (Lipinski definition) is 5. The minimum Gasteiger partial charge on any atom is -0.355 e. The first kappa shape index (κ1) is 21.6. The lowest BCUT2D eigenvalue weighted by atomic mass is 10.1. The minimum absolute atomic E-state index is 0.144. The molecule has 2 aromatic rings. The van der Waals surface area contributed by atoms with Gasteiger partial charge in [-0.2, -0.15) is 11.8 Å². The van der Waals surface area contributed by atoms with Crippen molar-refractivity contribution in [2.24, 2.45) is 0 Å². The van der Waals surface area contributed by atoms with Crippen LogP contribution >= 0.6 is 11.8 Å². The van der Waals surface area contributed by atoms with E-state index in [4.69, 9.17) is 0 Å². The van der Waals surface area contributed by atoms with Gasteiger partial charge >= 0.3 is 0 Å². The van der Waals surface area contributed by atoms with E-state index in [9.17, 15) is 19.2 Å². The van der Waals surface area contributed by atoms with Crippen molar-refractivity contribution in [3.63, 3.8) is 0 Å². The molecular weight excluding hydrogens is 402 g/mol. The Labute approximate surface area is 179 Å². The summed E-state index contributed by atoms with van der Waals surface area (Å²) in [5, 5.41) is 5.33. The molecule has 3 rings (SSSR count). The van der Waals surface area contributed by atoms with Crippen molar-refractivity contribution in [2.75, 3.05) is 30.4 Å². The minimum atomic E-state index is -0.235. The Kier molecular flexibility index (Phi) is 7.24. The lowest BCUT2D eigenvalue weighted by molar-refractivity contribution is -0.113. The van der Waals surface area contributed by atoms with Crippen molar-refractivity contribution in [1.29, 1.82) is 0 Å². The Balaban J connectivity index is 1.35. The molecular formula is C22H23N3O4S. The molecule has 156 valence electrons. The molecule has 8 heteroatoms. The van der Waals surface area contributed by atoms with Crippen molar-refractivity contribution in [3.05, 3.63) is 65.2 Å². The van der Waals surface area contributed by atoms with E-state index in [1.165, 1.54) is 16.7 Å². The smallest absolute Gasteiger partial charge is 0.261 e. The number of nitrogens with one attached hydrogen (secondary N) is 2. The summed E-state index contributed by atoms with van der Waals surface area (Å²) in [7, 11) is 1.55. The average molecular weight is 426 g/mol. The first-order valence-electron chi connectivity index (χ1n) is 9.66. The molecule has 30 heavy (non-hydrogen) atoms. The van der Waals surface area contributed by atoms with Crippen molar-refractivity contribution < 1.29 is 19.2 Å². The number of unbranched alkanes of at least 4 members (excludes halogenated alkanes) is 1. The van der Waals surface area contributed by atoms with Gasteiger partial charge in [0.05, 0.1) is 16.9 Å². The molecule has 2 aromatic carbocycles. The van der Waals surface area contributed by atoms with Gasteiger partial charge in [-0.15, -0.1) is 0 Å². The number of anilines is 1. The maximum absolute atomic E-state index is 12.3. The van der Waals surface area contributed by atoms with Gasteiger partial charge in [0, 0.05) is 24.8 Å². The van der Waals surface area contributed by atoms with Gasteiger partial charge in [-0.25, -0.2) is 0 Å². The molecule has 2 N–H and O–H groups in total. The third kappa shape index (κ3) is 5.07. The molecule has 0 aliphatic carbocycles. The van der Waals surface area contributed by atoms with Crippen LogP contribution in [0.4, 0.5) is 5.69 Å². The highest BCUT2D eigenvalue weighted by molar-refractivity contribution is 7.99. The van der Waals surface area contributed by atoms with Crippen LogP contribution < -0.4 is 10.6 Å². The van der Waals surface area contributed by atoms with E-state index in [2.05, 4.69) is 10.6 Å². The standard InChI is InChI=1S/C22H23N3O4S/c1-23-20(27)15-7-6-8-16(13-15)24-19(26)14-30-12-5-4-11-25-21(28)17-9-2-3-10-18(17)22(25)29/h2-3,6-10,13H,4-5,11-12,14H2,1H3,(H,23,27)(H,24,26). The Morgan fingerprint density at radius 3 is 2.33 bits per heavy atom. The van der Waals surface area contributed by atoms with Crippen LogP contribution in [-0.4, -0.2) is 53.6 Å². The summed E-state index contributed by atoms with van der Waals surface area (Å²) in [6.07, 6.45) is 1.48. The summed E-state index contributed by atoms with van der Waals surface area (Å²) in [6, 6.07) is 13.6. The Hall–Kier alpha value is -3.13. The van der Waals surface area contributed by atoms with Gasteiger partial charge in [-0.3, -0.25) is 24.1 Å². The highest BCUT2D eigenvalue weighted by atomic mass is 32.2. The van der Waals surface area contributed by atoms with Gasteiger partial charge < -0.3 is 10.6 Å². The van der Waals surface area contributed by atoms with Gasteiger partial charge in [-0.1, -0.05) is 18.2 Å². The number of nitrogens with zero attached hydrogens (tertiary/aromatic N) is 1. The maximum atomic E-state index is 12.3. The van der Waals surface area contributed by atoms with Crippen LogP contribution in [0.2, 0.25) is 0 Å². The first-order chi connectivity index (χ1) is 14.5. The van der Waals surface area contributed by atoms with E-state index in [0.29, 0.717) is 35.3 Å². The van der Waals surface area contributed by atoms with Crippen molar-refractivity contribution in [2.45, 2.75) is 12.8 Å². The SMILES string of the molecule is CNC(=O)c1cccc(NC(=O)CSCCCCN2C(=O)c3ccccc3C2=O)c1. The van der Waals surface area contributed by atoms with E-state index >= 15 is 0 Å². The number of rotatable bonds is 9. The summed E-state index contributed by atoms with van der Waals surface area (Å²) >= 11 is 1.49. The fraction of sp³-hybridized carbons (Fsp3) is 0.273. The largest absolute Gasteiger partial charge is 0.355 e. The van der Waals surface area contributed by atoms with Crippen LogP contribution in [0, 0.1) is 0 Å². The zero-order valence-electron chi connectivity index (χ0n) is 16.6. The van der Waals surface area contributed by atoms with Gasteiger partial charge in [0.15, 0.2) is 0 Å². The second-order valence-electron chi connectivity index (χ2n) is 6.78. The lowest BCUT2D eigenvalue weighted by Gasteiger charge is -2.13. The Morgan fingerprint density at radius 1 is 0.967 bits per heavy atom. The summed E-state index contributed by atoms with van der Waals surface area (Å²) in [5.74, 6) is 0.211. The van der Waals surface area contributed by atoms with Crippen molar-refractivity contribution in [3.8, 4) is 0 Å². The molecule has 0 atom stereocenters. The Morgan fingerprint density at radius 2 is 1.67 bits per heavy atom. The van der Waals surface area contributed by atoms with Crippen LogP contribution in [0.15, 0.2) is 48.5 Å². The summed E-state index contributed by atoms with van der Waals surface area (Å²) in [5.41, 5.74) is 1.99. The van der Waals surface area contributed by atoms with E-state index in [1.807, 2.05) is 0 Å². The van der Waals surface area contributed by atoms with Crippen LogP contribution in [0.25, 0.3) is 0 Å². The summed E-state index contributed by atoms with van der Waals surface area (Å²) in [4.78, 5) is 49.6. The molecule has 0 fully saturated rings. The normalized spacial score (nSPS) is 12.6. The number of imide groups is 1. The lowest BCUT2D eigenvalue weighted by Crippen LogP contribution is -2.30. The fourth-order valence-electron chi connectivity index (χ4n) is 3.16. The predicted octanol–water partition coefficient (Wildman–Crippen LogP) is 2.79. The van der Waals surface area contributed by atoms with E-state index in [-0.39, 0.29) is 29.4 Å². The molecule has 0 unspecified atom stereocenters. The number of hydrogen-bond donors (Lipinski definition) is 2. The fourth-order valence-corrected chi connectivity index (χ4v) is 3.97. The topological polar surface area (TPSA) is 95.6 Å². The second-order valence-corrected chi connectivity index (χ2v) is 7.88. The Bertz CT molecular complexity index is 941. The number of benzene rings is 2. The van der Waals surface area contributed by atoms with E-state index in [1.54, 1.807) is 55.6 Å². The summed E-state index contributed by atoms with van der Waals surface area (Å²) < 4.78 is 0. The molecule has 0 radical (unpaired) electrons. The van der Waals surface area contributed by atoms with E-state index in [0.717, 1.165) is 12.2 Å². The molecule has 4 amide bonds. The quantitative estimate of drug-likeness (QED) is 0.476. The molecule has 7 nitrogen and oxygen atoms in total. The third-order valence-electron chi connectivity index (χ3n) is 4.67.